The number of rotatable bonds is 5. The molecule has 160 valence electrons. The molecule has 0 bridgehead atoms. The number of aryl methyl sites for hydroxylation is 1. The summed E-state index contributed by atoms with van der Waals surface area (Å²) in [6.07, 6.45) is 0. The molecule has 3 aromatic carbocycles. The fraction of sp³-hybridized carbons (Fsp3) is 0.208. The maximum atomic E-state index is 13.3. The van der Waals surface area contributed by atoms with Gasteiger partial charge in [0, 0.05) is 11.1 Å². The van der Waals surface area contributed by atoms with Crippen molar-refractivity contribution in [1.29, 1.82) is 0 Å². The van der Waals surface area contributed by atoms with Gasteiger partial charge in [0.15, 0.2) is 0 Å². The summed E-state index contributed by atoms with van der Waals surface area (Å²) in [5.41, 5.74) is 3.89. The predicted octanol–water partition coefficient (Wildman–Crippen LogP) is 4.06. The number of ether oxygens (including phenoxy) is 1. The molecule has 0 saturated heterocycles. The lowest BCUT2D eigenvalue weighted by Gasteiger charge is -2.32. The average Bonchev–Trinajstić information content (AvgIpc) is 2.77. The van der Waals surface area contributed by atoms with E-state index in [1.54, 1.807) is 31.4 Å². The summed E-state index contributed by atoms with van der Waals surface area (Å²) in [5.74, 6) is 0.352. The van der Waals surface area contributed by atoms with Crippen molar-refractivity contribution < 1.29 is 17.9 Å². The van der Waals surface area contributed by atoms with Crippen molar-refractivity contribution in [3.05, 3.63) is 77.9 Å². The van der Waals surface area contributed by atoms with Crippen LogP contribution in [0.15, 0.2) is 71.6 Å². The van der Waals surface area contributed by atoms with Crippen molar-refractivity contribution in [3.63, 3.8) is 0 Å². The van der Waals surface area contributed by atoms with Crippen LogP contribution in [0.3, 0.4) is 0 Å². The maximum absolute atomic E-state index is 13.3. The van der Waals surface area contributed by atoms with E-state index >= 15 is 0 Å². The zero-order valence-electron chi connectivity index (χ0n) is 17.6. The van der Waals surface area contributed by atoms with Gasteiger partial charge in [-0.15, -0.1) is 0 Å². The van der Waals surface area contributed by atoms with Gasteiger partial charge < -0.3 is 10.1 Å². The van der Waals surface area contributed by atoms with Crippen molar-refractivity contribution >= 4 is 21.6 Å². The monoisotopic (exact) mass is 436 g/mol. The van der Waals surface area contributed by atoms with E-state index in [4.69, 9.17) is 4.74 Å². The number of nitrogens with zero attached hydrogens (tertiary/aromatic N) is 1. The number of hydrogen-bond donors (Lipinski definition) is 1. The first-order valence-corrected chi connectivity index (χ1v) is 11.4. The number of sulfonamides is 1. The SMILES string of the molecule is COc1ccc([C@@H](C)NC(=O)CN2c3ccc(C)cc3-c3ccccc3S2(=O)=O)cc1. The minimum absolute atomic E-state index is 0.212. The van der Waals surface area contributed by atoms with Gasteiger partial charge in [-0.1, -0.05) is 42.0 Å². The first-order chi connectivity index (χ1) is 14.8. The average molecular weight is 437 g/mol. The van der Waals surface area contributed by atoms with Crippen LogP contribution in [0.4, 0.5) is 5.69 Å². The van der Waals surface area contributed by atoms with Crippen LogP contribution in [0.5, 0.6) is 5.75 Å². The highest BCUT2D eigenvalue weighted by Gasteiger charge is 2.36. The Kier molecular flexibility index (Phi) is 5.45. The molecule has 0 radical (unpaired) electrons. The third-order valence-corrected chi connectivity index (χ3v) is 7.26. The first kappa shape index (κ1) is 20.9. The van der Waals surface area contributed by atoms with E-state index in [0.717, 1.165) is 22.4 Å². The zero-order valence-corrected chi connectivity index (χ0v) is 18.4. The van der Waals surface area contributed by atoms with E-state index in [2.05, 4.69) is 5.32 Å². The largest absolute Gasteiger partial charge is 0.497 e. The lowest BCUT2D eigenvalue weighted by atomic mass is 10.0. The minimum atomic E-state index is -3.86. The summed E-state index contributed by atoms with van der Waals surface area (Å²) in [6, 6.07) is 19.6. The second-order valence-corrected chi connectivity index (χ2v) is 9.42. The van der Waals surface area contributed by atoms with Crippen molar-refractivity contribution in [2.45, 2.75) is 24.8 Å². The van der Waals surface area contributed by atoms with Gasteiger partial charge in [0.1, 0.15) is 12.3 Å². The number of nitrogens with one attached hydrogen (secondary N) is 1. The summed E-state index contributed by atoms with van der Waals surface area (Å²) >= 11 is 0. The molecule has 1 aliphatic rings. The van der Waals surface area contributed by atoms with Gasteiger partial charge in [0.2, 0.25) is 5.91 Å². The summed E-state index contributed by atoms with van der Waals surface area (Å²) in [4.78, 5) is 13.1. The molecule has 4 rings (SSSR count). The Hall–Kier alpha value is -3.32. The zero-order chi connectivity index (χ0) is 22.2. The summed E-state index contributed by atoms with van der Waals surface area (Å²) < 4.78 is 33.0. The van der Waals surface area contributed by atoms with Crippen molar-refractivity contribution in [1.82, 2.24) is 5.32 Å². The normalized spacial score (nSPS) is 14.9. The molecule has 1 amide bonds. The molecule has 0 fully saturated rings. The van der Waals surface area contributed by atoms with Gasteiger partial charge in [0.25, 0.3) is 10.0 Å². The van der Waals surface area contributed by atoms with Crippen LogP contribution in [-0.2, 0) is 14.8 Å². The fourth-order valence-electron chi connectivity index (χ4n) is 3.81. The van der Waals surface area contributed by atoms with Gasteiger partial charge in [-0.3, -0.25) is 9.10 Å². The number of carbonyl (C=O) groups excluding carboxylic acids is 1. The molecular weight excluding hydrogens is 412 g/mol. The Morgan fingerprint density at radius 1 is 1.03 bits per heavy atom. The third-order valence-electron chi connectivity index (χ3n) is 5.45. The highest BCUT2D eigenvalue weighted by molar-refractivity contribution is 7.93. The van der Waals surface area contributed by atoms with E-state index in [1.165, 1.54) is 4.31 Å². The molecule has 7 heteroatoms. The number of benzene rings is 3. The predicted molar refractivity (Wildman–Crippen MR) is 121 cm³/mol. The maximum Gasteiger partial charge on any atom is 0.265 e. The highest BCUT2D eigenvalue weighted by Crippen LogP contribution is 2.43. The van der Waals surface area contributed by atoms with Crippen molar-refractivity contribution in [3.8, 4) is 16.9 Å². The van der Waals surface area contributed by atoms with Gasteiger partial charge in [0.05, 0.1) is 23.7 Å². The van der Waals surface area contributed by atoms with E-state index in [1.807, 2.05) is 56.3 Å². The van der Waals surface area contributed by atoms with Crippen molar-refractivity contribution in [2.75, 3.05) is 18.0 Å². The molecule has 0 saturated carbocycles. The van der Waals surface area contributed by atoms with Gasteiger partial charge >= 0.3 is 0 Å². The number of carbonyl (C=O) groups is 1. The number of hydrogen-bond acceptors (Lipinski definition) is 4. The highest BCUT2D eigenvalue weighted by atomic mass is 32.2. The van der Waals surface area contributed by atoms with E-state index < -0.39 is 10.0 Å². The van der Waals surface area contributed by atoms with Gasteiger partial charge in [-0.05, 0) is 49.7 Å². The summed E-state index contributed by atoms with van der Waals surface area (Å²) in [7, 11) is -2.26. The Bertz CT molecular complexity index is 1240. The Morgan fingerprint density at radius 3 is 2.45 bits per heavy atom. The quantitative estimate of drug-likeness (QED) is 0.655. The van der Waals surface area contributed by atoms with Crippen LogP contribution in [0.2, 0.25) is 0 Å². The molecule has 0 spiro atoms. The number of anilines is 1. The summed E-state index contributed by atoms with van der Waals surface area (Å²) in [6.45, 7) is 3.52. The van der Waals surface area contributed by atoms with Crippen LogP contribution in [0.1, 0.15) is 24.1 Å². The van der Waals surface area contributed by atoms with Crippen molar-refractivity contribution in [2.24, 2.45) is 0 Å². The fourth-order valence-corrected chi connectivity index (χ4v) is 5.46. The van der Waals surface area contributed by atoms with E-state index in [0.29, 0.717) is 11.3 Å². The van der Waals surface area contributed by atoms with Crippen LogP contribution < -0.4 is 14.4 Å². The molecule has 1 atom stereocenters. The summed E-state index contributed by atoms with van der Waals surface area (Å²) in [5, 5.41) is 2.90. The van der Waals surface area contributed by atoms with Crippen LogP contribution in [-0.4, -0.2) is 28.0 Å². The molecule has 1 aliphatic heterocycles. The van der Waals surface area contributed by atoms with E-state index in [-0.39, 0.29) is 23.4 Å². The molecule has 0 unspecified atom stereocenters. The molecule has 0 aromatic heterocycles. The number of methoxy groups -OCH3 is 1. The standard InChI is InChI=1S/C24H24N2O4S/c1-16-8-13-22-21(14-16)20-6-4-5-7-23(20)31(28,29)26(22)15-24(27)25-17(2)18-9-11-19(30-3)12-10-18/h4-14,17H,15H2,1-3H3,(H,25,27)/t17-/m1/s1. The molecular formula is C24H24N2O4S. The van der Waals surface area contributed by atoms with Crippen LogP contribution in [0.25, 0.3) is 11.1 Å². The Balaban J connectivity index is 1.62. The Morgan fingerprint density at radius 2 is 1.74 bits per heavy atom. The molecule has 0 aliphatic carbocycles. The topological polar surface area (TPSA) is 75.7 Å². The van der Waals surface area contributed by atoms with Crippen LogP contribution >= 0.6 is 0 Å². The molecule has 3 aromatic rings. The first-order valence-electron chi connectivity index (χ1n) is 9.97. The smallest absolute Gasteiger partial charge is 0.265 e. The van der Waals surface area contributed by atoms with Gasteiger partial charge in [-0.25, -0.2) is 8.42 Å². The molecule has 1 N–H and O–H groups in total. The minimum Gasteiger partial charge on any atom is -0.497 e. The third kappa shape index (κ3) is 3.88. The van der Waals surface area contributed by atoms with Crippen LogP contribution in [0, 0.1) is 6.92 Å². The second kappa shape index (κ2) is 8.07. The number of amides is 1. The second-order valence-electron chi connectivity index (χ2n) is 7.59. The lowest BCUT2D eigenvalue weighted by Crippen LogP contribution is -2.43. The lowest BCUT2D eigenvalue weighted by molar-refractivity contribution is -0.120. The van der Waals surface area contributed by atoms with Gasteiger partial charge in [-0.2, -0.15) is 0 Å². The molecule has 31 heavy (non-hydrogen) atoms. The molecule has 1 heterocycles. The number of fused-ring (bicyclic) bond motifs is 3. The van der Waals surface area contributed by atoms with E-state index in [9.17, 15) is 13.2 Å². The molecule has 6 nitrogen and oxygen atoms in total. The Labute approximate surface area is 182 Å².